The van der Waals surface area contributed by atoms with Gasteiger partial charge in [0.25, 0.3) is 0 Å². The van der Waals surface area contributed by atoms with Gasteiger partial charge in [-0.05, 0) is 92.3 Å². The summed E-state index contributed by atoms with van der Waals surface area (Å²) < 4.78 is 0. The molecule has 3 rings (SSSR count). The highest BCUT2D eigenvalue weighted by molar-refractivity contribution is 7.16. The van der Waals surface area contributed by atoms with E-state index in [-0.39, 0.29) is 0 Å². The van der Waals surface area contributed by atoms with Gasteiger partial charge in [-0.25, -0.2) is 0 Å². The molecule has 0 spiro atoms. The number of benzene rings is 1. The molecule has 23 heavy (non-hydrogen) atoms. The third kappa shape index (κ3) is 4.60. The fourth-order valence-electron chi connectivity index (χ4n) is 4.96. The Morgan fingerprint density at radius 3 is 1.57 bits per heavy atom. The van der Waals surface area contributed by atoms with E-state index in [1.807, 2.05) is 0 Å². The first kappa shape index (κ1) is 17.5. The van der Waals surface area contributed by atoms with Crippen molar-refractivity contribution in [1.29, 1.82) is 0 Å². The van der Waals surface area contributed by atoms with Gasteiger partial charge in [0.05, 0.1) is 0 Å². The summed E-state index contributed by atoms with van der Waals surface area (Å²) in [5, 5.41) is 0. The standard InChI is InChI=1S/C22H35P/c1-2-3-17-4-8-19(9-5-17)21-12-14-22(15-13-21)20-10-6-18(16-23)7-11-20/h12-15,17-20H,2-11,16,23H2,1H3. The van der Waals surface area contributed by atoms with Gasteiger partial charge >= 0.3 is 0 Å². The maximum Gasteiger partial charge on any atom is -0.0162 e. The molecule has 0 aliphatic heterocycles. The largest absolute Gasteiger partial charge is 0.137 e. The van der Waals surface area contributed by atoms with Crippen molar-refractivity contribution in [2.24, 2.45) is 11.8 Å². The normalized spacial score (nSPS) is 31.9. The van der Waals surface area contributed by atoms with Crippen LogP contribution in [-0.2, 0) is 0 Å². The Morgan fingerprint density at radius 2 is 1.17 bits per heavy atom. The lowest BCUT2D eigenvalue weighted by atomic mass is 9.76. The van der Waals surface area contributed by atoms with Crippen molar-refractivity contribution in [2.45, 2.75) is 83.0 Å². The van der Waals surface area contributed by atoms with E-state index in [1.54, 1.807) is 11.1 Å². The lowest BCUT2D eigenvalue weighted by molar-refractivity contribution is 0.308. The molecule has 1 aromatic carbocycles. The average Bonchev–Trinajstić information content (AvgIpc) is 2.63. The average molecular weight is 330 g/mol. The summed E-state index contributed by atoms with van der Waals surface area (Å²) in [7, 11) is 2.93. The van der Waals surface area contributed by atoms with Gasteiger partial charge < -0.3 is 0 Å². The topological polar surface area (TPSA) is 0 Å². The third-order valence-electron chi connectivity index (χ3n) is 6.60. The maximum atomic E-state index is 2.93. The SMILES string of the molecule is CCCC1CCC(c2ccc(C3CCC(CP)CC3)cc2)CC1. The molecule has 0 aromatic heterocycles. The molecule has 0 bridgehead atoms. The van der Waals surface area contributed by atoms with Crippen LogP contribution >= 0.6 is 9.24 Å². The van der Waals surface area contributed by atoms with Gasteiger partial charge in [0.2, 0.25) is 0 Å². The zero-order chi connectivity index (χ0) is 16.1. The van der Waals surface area contributed by atoms with Crippen molar-refractivity contribution in [3.8, 4) is 0 Å². The van der Waals surface area contributed by atoms with Crippen LogP contribution in [0.15, 0.2) is 24.3 Å². The molecule has 1 atom stereocenters. The van der Waals surface area contributed by atoms with Gasteiger partial charge in [-0.1, -0.05) is 44.0 Å². The highest BCUT2D eigenvalue weighted by Gasteiger charge is 2.23. The molecule has 1 aromatic rings. The summed E-state index contributed by atoms with van der Waals surface area (Å²) in [6.07, 6.45) is 15.5. The maximum absolute atomic E-state index is 2.93. The van der Waals surface area contributed by atoms with Crippen LogP contribution in [0, 0.1) is 11.8 Å². The van der Waals surface area contributed by atoms with Crippen molar-refractivity contribution in [1.82, 2.24) is 0 Å². The zero-order valence-corrected chi connectivity index (χ0v) is 16.1. The Hall–Kier alpha value is -0.350. The van der Waals surface area contributed by atoms with Gasteiger partial charge in [-0.2, -0.15) is 0 Å². The van der Waals surface area contributed by atoms with E-state index in [2.05, 4.69) is 40.4 Å². The van der Waals surface area contributed by atoms with Crippen LogP contribution in [-0.4, -0.2) is 6.16 Å². The number of hydrogen-bond donors (Lipinski definition) is 0. The molecule has 1 heteroatoms. The van der Waals surface area contributed by atoms with Crippen LogP contribution < -0.4 is 0 Å². The summed E-state index contributed by atoms with van der Waals surface area (Å²) in [5.41, 5.74) is 3.22. The van der Waals surface area contributed by atoms with E-state index in [0.29, 0.717) is 0 Å². The lowest BCUT2D eigenvalue weighted by Crippen LogP contribution is -2.15. The molecule has 1 unspecified atom stereocenters. The Kier molecular flexibility index (Phi) is 6.58. The monoisotopic (exact) mass is 330 g/mol. The van der Waals surface area contributed by atoms with E-state index in [4.69, 9.17) is 0 Å². The summed E-state index contributed by atoms with van der Waals surface area (Å²) in [6, 6.07) is 9.84. The van der Waals surface area contributed by atoms with Gasteiger partial charge in [0.15, 0.2) is 0 Å². The Labute approximate surface area is 146 Å². The Morgan fingerprint density at radius 1 is 0.739 bits per heavy atom. The summed E-state index contributed by atoms with van der Waals surface area (Å²) in [5.74, 6) is 3.65. The minimum absolute atomic E-state index is 0.831. The molecule has 0 amide bonds. The van der Waals surface area contributed by atoms with Gasteiger partial charge in [0, 0.05) is 0 Å². The van der Waals surface area contributed by atoms with E-state index >= 15 is 0 Å². The van der Waals surface area contributed by atoms with Crippen molar-refractivity contribution in [2.75, 3.05) is 6.16 Å². The molecule has 2 aliphatic rings. The van der Waals surface area contributed by atoms with E-state index in [1.165, 1.54) is 70.4 Å². The van der Waals surface area contributed by atoms with Crippen LogP contribution in [0.5, 0.6) is 0 Å². The predicted molar refractivity (Wildman–Crippen MR) is 105 cm³/mol. The van der Waals surface area contributed by atoms with E-state index < -0.39 is 0 Å². The van der Waals surface area contributed by atoms with Crippen LogP contribution in [0.4, 0.5) is 0 Å². The minimum Gasteiger partial charge on any atom is -0.137 e. The Balaban J connectivity index is 1.53. The highest BCUT2D eigenvalue weighted by Crippen LogP contribution is 2.39. The molecule has 0 heterocycles. The predicted octanol–water partition coefficient (Wildman–Crippen LogP) is 6.91. The fraction of sp³-hybridized carbons (Fsp3) is 0.727. The molecule has 0 saturated heterocycles. The van der Waals surface area contributed by atoms with Crippen molar-refractivity contribution >= 4 is 9.24 Å². The second-order valence-corrected chi connectivity index (χ2v) is 8.60. The molecule has 2 saturated carbocycles. The molecule has 0 radical (unpaired) electrons. The van der Waals surface area contributed by atoms with Crippen molar-refractivity contribution in [3.63, 3.8) is 0 Å². The van der Waals surface area contributed by atoms with Crippen molar-refractivity contribution in [3.05, 3.63) is 35.4 Å². The first-order valence-corrected chi connectivity index (χ1v) is 10.9. The molecule has 128 valence electrons. The minimum atomic E-state index is 0.831. The van der Waals surface area contributed by atoms with Crippen LogP contribution in [0.2, 0.25) is 0 Å². The number of rotatable bonds is 5. The third-order valence-corrected chi connectivity index (χ3v) is 7.27. The molecular formula is C22H35P. The van der Waals surface area contributed by atoms with Crippen LogP contribution in [0.25, 0.3) is 0 Å². The van der Waals surface area contributed by atoms with Gasteiger partial charge in [-0.3, -0.25) is 0 Å². The first-order valence-electron chi connectivity index (χ1n) is 10.1. The second kappa shape index (κ2) is 8.66. The first-order chi connectivity index (χ1) is 11.3. The van der Waals surface area contributed by atoms with Crippen LogP contribution in [0.3, 0.4) is 0 Å². The quantitative estimate of drug-likeness (QED) is 0.515. The smallest absolute Gasteiger partial charge is 0.0162 e. The van der Waals surface area contributed by atoms with Crippen LogP contribution in [0.1, 0.15) is 94.1 Å². The summed E-state index contributed by atoms with van der Waals surface area (Å²) in [4.78, 5) is 0. The molecule has 0 nitrogen and oxygen atoms in total. The molecule has 0 N–H and O–H groups in total. The summed E-state index contributed by atoms with van der Waals surface area (Å²) in [6.45, 7) is 2.33. The molecular weight excluding hydrogens is 295 g/mol. The van der Waals surface area contributed by atoms with E-state index in [9.17, 15) is 0 Å². The fourth-order valence-corrected chi connectivity index (χ4v) is 5.44. The highest BCUT2D eigenvalue weighted by atomic mass is 31.0. The van der Waals surface area contributed by atoms with Crippen molar-refractivity contribution < 1.29 is 0 Å². The van der Waals surface area contributed by atoms with Gasteiger partial charge in [0.1, 0.15) is 0 Å². The van der Waals surface area contributed by atoms with Gasteiger partial charge in [-0.15, -0.1) is 9.24 Å². The molecule has 2 fully saturated rings. The second-order valence-electron chi connectivity index (χ2n) is 8.13. The van der Waals surface area contributed by atoms with E-state index in [0.717, 1.165) is 23.7 Å². The number of hydrogen-bond acceptors (Lipinski definition) is 0. The Bertz CT molecular complexity index is 447. The lowest BCUT2D eigenvalue weighted by Gasteiger charge is -2.30. The zero-order valence-electron chi connectivity index (χ0n) is 15.0. The molecule has 2 aliphatic carbocycles. The summed E-state index contributed by atoms with van der Waals surface area (Å²) >= 11 is 0.